The van der Waals surface area contributed by atoms with Crippen molar-refractivity contribution < 1.29 is 13.9 Å². The number of ether oxygens (including phenoxy) is 1. The molecule has 1 N–H and O–H groups in total. The van der Waals surface area contributed by atoms with Gasteiger partial charge in [0.2, 0.25) is 5.91 Å². The van der Waals surface area contributed by atoms with Crippen LogP contribution in [0.4, 0.5) is 4.39 Å². The van der Waals surface area contributed by atoms with Gasteiger partial charge in [0, 0.05) is 25.1 Å². The van der Waals surface area contributed by atoms with Gasteiger partial charge in [-0.1, -0.05) is 12.1 Å². The summed E-state index contributed by atoms with van der Waals surface area (Å²) in [4.78, 5) is 15.9. The molecule has 1 aromatic heterocycles. The molecule has 1 aliphatic heterocycles. The normalized spacial score (nSPS) is 16.9. The van der Waals surface area contributed by atoms with E-state index in [-0.39, 0.29) is 24.3 Å². The first kappa shape index (κ1) is 17.1. The first-order valence-corrected chi connectivity index (χ1v) is 8.89. The second kappa shape index (κ2) is 7.88. The van der Waals surface area contributed by atoms with Gasteiger partial charge in [0.15, 0.2) is 0 Å². The fraction of sp³-hybridized carbons (Fsp3) is 0.389. The van der Waals surface area contributed by atoms with Crippen molar-refractivity contribution in [2.75, 3.05) is 33.4 Å². The number of benzene rings is 1. The fourth-order valence-electron chi connectivity index (χ4n) is 3.06. The van der Waals surface area contributed by atoms with E-state index in [1.54, 1.807) is 30.6 Å². The van der Waals surface area contributed by atoms with Crippen LogP contribution in [0, 0.1) is 5.82 Å². The van der Waals surface area contributed by atoms with Gasteiger partial charge >= 0.3 is 0 Å². The van der Waals surface area contributed by atoms with E-state index in [9.17, 15) is 9.18 Å². The number of fused-ring (bicyclic) bond motifs is 1. The molecule has 0 aliphatic carbocycles. The molecule has 0 bridgehead atoms. The van der Waals surface area contributed by atoms with Crippen LogP contribution in [0.25, 0.3) is 0 Å². The van der Waals surface area contributed by atoms with E-state index in [0.29, 0.717) is 19.7 Å². The highest BCUT2D eigenvalue weighted by Crippen LogP contribution is 2.37. The molecular formula is C18H21FN2O2S. The number of carbonyl (C=O) groups excluding carboxylic acids is 1. The molecule has 1 amide bonds. The summed E-state index contributed by atoms with van der Waals surface area (Å²) in [5.74, 6) is -0.212. The highest BCUT2D eigenvalue weighted by Gasteiger charge is 2.32. The first-order valence-electron chi connectivity index (χ1n) is 8.01. The number of nitrogens with zero attached hydrogens (tertiary/aromatic N) is 1. The third-order valence-electron chi connectivity index (χ3n) is 4.23. The number of hydrogen-bond acceptors (Lipinski definition) is 4. The average Bonchev–Trinajstić information content (AvgIpc) is 3.07. The molecule has 1 aliphatic rings. The van der Waals surface area contributed by atoms with E-state index in [1.165, 1.54) is 17.0 Å². The van der Waals surface area contributed by atoms with Gasteiger partial charge < -0.3 is 15.0 Å². The number of hydrogen-bond donors (Lipinski definition) is 1. The van der Waals surface area contributed by atoms with Crippen LogP contribution in [-0.4, -0.2) is 44.2 Å². The molecular weight excluding hydrogens is 327 g/mol. The maximum Gasteiger partial charge on any atom is 0.237 e. The number of methoxy groups -OCH3 is 1. The zero-order valence-corrected chi connectivity index (χ0v) is 14.4. The molecule has 0 radical (unpaired) electrons. The van der Waals surface area contributed by atoms with Crippen molar-refractivity contribution in [2.45, 2.75) is 12.5 Å². The van der Waals surface area contributed by atoms with E-state index < -0.39 is 0 Å². The summed E-state index contributed by atoms with van der Waals surface area (Å²) >= 11 is 1.72. The number of thiophene rings is 1. The molecule has 1 atom stereocenters. The minimum absolute atomic E-state index is 0.0530. The summed E-state index contributed by atoms with van der Waals surface area (Å²) in [5, 5.41) is 5.17. The third-order valence-corrected chi connectivity index (χ3v) is 5.23. The van der Waals surface area contributed by atoms with E-state index in [2.05, 4.69) is 16.8 Å². The standard InChI is InChI=1S/C18H21FN2O2S/c1-23-10-8-20-12-17(22)21-9-6-16-15(7-11-24-16)18(21)13-2-4-14(19)5-3-13/h2-5,7,11,18,20H,6,8-10,12H2,1H3. The Morgan fingerprint density at radius 1 is 1.38 bits per heavy atom. The Bertz CT molecular complexity index is 687. The molecule has 2 aromatic rings. The predicted octanol–water partition coefficient (Wildman–Crippen LogP) is 2.60. The third kappa shape index (κ3) is 3.66. The Morgan fingerprint density at radius 3 is 2.92 bits per heavy atom. The van der Waals surface area contributed by atoms with Crippen LogP contribution in [0.2, 0.25) is 0 Å². The van der Waals surface area contributed by atoms with Crippen LogP contribution in [0.1, 0.15) is 22.0 Å². The highest BCUT2D eigenvalue weighted by atomic mass is 32.1. The van der Waals surface area contributed by atoms with Crippen LogP contribution < -0.4 is 5.32 Å². The van der Waals surface area contributed by atoms with Gasteiger partial charge in [0.25, 0.3) is 0 Å². The Kier molecular flexibility index (Phi) is 5.60. The van der Waals surface area contributed by atoms with Crippen molar-refractivity contribution in [3.8, 4) is 0 Å². The summed E-state index contributed by atoms with van der Waals surface area (Å²) in [6.07, 6.45) is 0.870. The SMILES string of the molecule is COCCNCC(=O)N1CCc2sccc2C1c1ccc(F)cc1. The number of carbonyl (C=O) groups is 1. The fourth-order valence-corrected chi connectivity index (χ4v) is 3.96. The molecule has 3 rings (SSSR count). The van der Waals surface area contributed by atoms with Crippen LogP contribution in [-0.2, 0) is 16.0 Å². The lowest BCUT2D eigenvalue weighted by atomic mass is 9.93. The lowest BCUT2D eigenvalue weighted by Crippen LogP contribution is -2.44. The molecule has 6 heteroatoms. The molecule has 1 unspecified atom stereocenters. The molecule has 0 spiro atoms. The smallest absolute Gasteiger partial charge is 0.237 e. The Labute approximate surface area is 145 Å². The zero-order valence-electron chi connectivity index (χ0n) is 13.6. The van der Waals surface area contributed by atoms with Crippen molar-refractivity contribution in [3.63, 3.8) is 0 Å². The molecule has 128 valence electrons. The van der Waals surface area contributed by atoms with Crippen LogP contribution >= 0.6 is 11.3 Å². The topological polar surface area (TPSA) is 41.6 Å². The molecule has 1 aromatic carbocycles. The summed E-state index contributed by atoms with van der Waals surface area (Å²) in [7, 11) is 1.64. The van der Waals surface area contributed by atoms with Gasteiger partial charge in [-0.05, 0) is 41.1 Å². The van der Waals surface area contributed by atoms with Crippen molar-refractivity contribution >= 4 is 17.2 Å². The minimum Gasteiger partial charge on any atom is -0.383 e. The monoisotopic (exact) mass is 348 g/mol. The maximum absolute atomic E-state index is 13.3. The Hall–Kier alpha value is -1.76. The van der Waals surface area contributed by atoms with Crippen molar-refractivity contribution in [3.05, 3.63) is 57.5 Å². The van der Waals surface area contributed by atoms with Gasteiger partial charge in [0.05, 0.1) is 19.2 Å². The van der Waals surface area contributed by atoms with Crippen LogP contribution in [0.5, 0.6) is 0 Å². The predicted molar refractivity (Wildman–Crippen MR) is 92.7 cm³/mol. The quantitative estimate of drug-likeness (QED) is 0.816. The largest absolute Gasteiger partial charge is 0.383 e. The molecule has 4 nitrogen and oxygen atoms in total. The molecule has 24 heavy (non-hydrogen) atoms. The summed E-state index contributed by atoms with van der Waals surface area (Å²) < 4.78 is 18.3. The minimum atomic E-state index is -0.265. The Balaban J connectivity index is 1.82. The second-order valence-electron chi connectivity index (χ2n) is 5.76. The van der Waals surface area contributed by atoms with Gasteiger partial charge in [-0.2, -0.15) is 0 Å². The number of nitrogens with one attached hydrogen (secondary N) is 1. The van der Waals surface area contributed by atoms with Gasteiger partial charge in [-0.15, -0.1) is 11.3 Å². The number of rotatable bonds is 6. The molecule has 0 fully saturated rings. The van der Waals surface area contributed by atoms with E-state index in [4.69, 9.17) is 4.74 Å². The van der Waals surface area contributed by atoms with Gasteiger partial charge in [-0.25, -0.2) is 4.39 Å². The summed E-state index contributed by atoms with van der Waals surface area (Å²) in [5.41, 5.74) is 2.10. The average molecular weight is 348 g/mol. The van der Waals surface area contributed by atoms with Crippen molar-refractivity contribution in [2.24, 2.45) is 0 Å². The molecule has 0 saturated heterocycles. The summed E-state index contributed by atoms with van der Waals surface area (Å²) in [6.45, 7) is 2.17. The first-order chi connectivity index (χ1) is 11.7. The van der Waals surface area contributed by atoms with E-state index in [1.807, 2.05) is 4.90 Å². The Morgan fingerprint density at radius 2 is 2.17 bits per heavy atom. The molecule has 0 saturated carbocycles. The second-order valence-corrected chi connectivity index (χ2v) is 6.76. The lowest BCUT2D eigenvalue weighted by Gasteiger charge is -2.36. The number of halogens is 1. The van der Waals surface area contributed by atoms with Crippen LogP contribution in [0.15, 0.2) is 35.7 Å². The lowest BCUT2D eigenvalue weighted by molar-refractivity contribution is -0.132. The summed E-state index contributed by atoms with van der Waals surface area (Å²) in [6, 6.07) is 8.38. The highest BCUT2D eigenvalue weighted by molar-refractivity contribution is 7.10. The van der Waals surface area contributed by atoms with Gasteiger partial charge in [-0.3, -0.25) is 4.79 Å². The number of amides is 1. The van der Waals surface area contributed by atoms with Crippen molar-refractivity contribution in [1.29, 1.82) is 0 Å². The van der Waals surface area contributed by atoms with E-state index >= 15 is 0 Å². The van der Waals surface area contributed by atoms with Crippen molar-refractivity contribution in [1.82, 2.24) is 10.2 Å². The maximum atomic E-state index is 13.3. The van der Waals surface area contributed by atoms with Gasteiger partial charge in [0.1, 0.15) is 5.82 Å². The zero-order chi connectivity index (χ0) is 16.9. The van der Waals surface area contributed by atoms with E-state index in [0.717, 1.165) is 17.5 Å². The molecule has 2 heterocycles. The van der Waals surface area contributed by atoms with Crippen LogP contribution in [0.3, 0.4) is 0 Å².